The largest absolute Gasteiger partial charge is 0.330 e. The van der Waals surface area contributed by atoms with E-state index in [2.05, 4.69) is 15.7 Å². The Bertz CT molecular complexity index is 796. The van der Waals surface area contributed by atoms with Gasteiger partial charge in [0.2, 0.25) is 11.8 Å². The van der Waals surface area contributed by atoms with Crippen LogP contribution in [0.5, 0.6) is 0 Å². The maximum absolute atomic E-state index is 12.4. The van der Waals surface area contributed by atoms with Crippen LogP contribution in [0.4, 0.5) is 11.4 Å². The Balaban J connectivity index is 0.00000280. The number of thioether (sulfide) groups is 1. The van der Waals surface area contributed by atoms with Gasteiger partial charge in [0.05, 0.1) is 11.9 Å². The molecule has 9 heteroatoms. The molecule has 1 fully saturated rings. The van der Waals surface area contributed by atoms with Gasteiger partial charge in [-0.05, 0) is 55.8 Å². The molecule has 2 amide bonds. The lowest BCUT2D eigenvalue weighted by Crippen LogP contribution is -2.29. The van der Waals surface area contributed by atoms with Crippen LogP contribution in [0.3, 0.4) is 0 Å². The number of rotatable bonds is 7. The van der Waals surface area contributed by atoms with E-state index in [1.165, 1.54) is 4.68 Å². The van der Waals surface area contributed by atoms with Crippen molar-refractivity contribution in [2.45, 2.75) is 30.7 Å². The molecular formula is C19H26ClN5O2S. The summed E-state index contributed by atoms with van der Waals surface area (Å²) in [5.74, 6) is 0.0296. The molecule has 1 saturated carbocycles. The van der Waals surface area contributed by atoms with Crippen molar-refractivity contribution in [2.24, 2.45) is 17.6 Å². The Morgan fingerprint density at radius 1 is 1.21 bits per heavy atom. The summed E-state index contributed by atoms with van der Waals surface area (Å²) in [5.41, 5.74) is 7.09. The van der Waals surface area contributed by atoms with Gasteiger partial charge in [0.15, 0.2) is 0 Å². The Kier molecular flexibility index (Phi) is 8.35. The fraction of sp³-hybridized carbons (Fsp3) is 0.421. The number of hydrogen-bond donors (Lipinski definition) is 3. The Morgan fingerprint density at radius 2 is 1.96 bits per heavy atom. The van der Waals surface area contributed by atoms with Crippen molar-refractivity contribution in [1.29, 1.82) is 0 Å². The molecule has 0 aliphatic heterocycles. The van der Waals surface area contributed by atoms with Gasteiger partial charge in [-0.25, -0.2) is 0 Å². The molecule has 2 atom stereocenters. The van der Waals surface area contributed by atoms with E-state index in [1.807, 2.05) is 30.5 Å². The first-order valence-electron chi connectivity index (χ1n) is 9.06. The third kappa shape index (κ3) is 5.73. The Morgan fingerprint density at radius 3 is 2.64 bits per heavy atom. The first-order chi connectivity index (χ1) is 13.1. The monoisotopic (exact) mass is 423 g/mol. The van der Waals surface area contributed by atoms with Crippen LogP contribution in [0.15, 0.2) is 41.6 Å². The quantitative estimate of drug-likeness (QED) is 0.594. The molecule has 4 N–H and O–H groups in total. The van der Waals surface area contributed by atoms with E-state index in [0.717, 1.165) is 29.8 Å². The number of carbonyl (C=O) groups is 2. The zero-order valence-corrected chi connectivity index (χ0v) is 17.4. The van der Waals surface area contributed by atoms with Crippen LogP contribution in [0.2, 0.25) is 0 Å². The first kappa shape index (κ1) is 22.3. The second-order valence-corrected chi connectivity index (χ2v) is 7.61. The normalized spacial score (nSPS) is 18.4. The Hall–Kier alpha value is -2.03. The lowest BCUT2D eigenvalue weighted by atomic mass is 9.95. The third-order valence-corrected chi connectivity index (χ3v) is 5.62. The van der Waals surface area contributed by atoms with Crippen molar-refractivity contribution >= 4 is 47.4 Å². The van der Waals surface area contributed by atoms with E-state index in [0.29, 0.717) is 12.2 Å². The average molecular weight is 424 g/mol. The van der Waals surface area contributed by atoms with Gasteiger partial charge in [0.1, 0.15) is 6.54 Å². The smallest absolute Gasteiger partial charge is 0.246 e. The van der Waals surface area contributed by atoms with Crippen molar-refractivity contribution in [3.63, 3.8) is 0 Å². The van der Waals surface area contributed by atoms with Gasteiger partial charge in [0.25, 0.3) is 0 Å². The van der Waals surface area contributed by atoms with Crippen LogP contribution in [0.1, 0.15) is 19.3 Å². The fourth-order valence-corrected chi connectivity index (χ4v) is 3.84. The lowest BCUT2D eigenvalue weighted by molar-refractivity contribution is -0.120. The van der Waals surface area contributed by atoms with E-state index >= 15 is 0 Å². The van der Waals surface area contributed by atoms with E-state index in [-0.39, 0.29) is 42.6 Å². The number of amides is 2. The summed E-state index contributed by atoms with van der Waals surface area (Å²) < 4.78 is 1.51. The molecule has 28 heavy (non-hydrogen) atoms. The molecule has 152 valence electrons. The fourth-order valence-electron chi connectivity index (χ4n) is 3.44. The van der Waals surface area contributed by atoms with Gasteiger partial charge in [-0.2, -0.15) is 5.10 Å². The molecule has 3 rings (SSSR count). The van der Waals surface area contributed by atoms with Crippen molar-refractivity contribution in [2.75, 3.05) is 23.4 Å². The minimum Gasteiger partial charge on any atom is -0.330 e. The molecule has 0 saturated heterocycles. The predicted octanol–water partition coefficient (Wildman–Crippen LogP) is 2.98. The van der Waals surface area contributed by atoms with E-state index in [1.54, 1.807) is 24.2 Å². The van der Waals surface area contributed by atoms with Crippen molar-refractivity contribution in [3.05, 3.63) is 36.7 Å². The van der Waals surface area contributed by atoms with E-state index in [4.69, 9.17) is 5.73 Å². The SMILES string of the molecule is CSc1ccc(NC(=O)Cn2cc(NC(=O)[C@@H]3CCC[C@@H]3CN)cn2)cc1.Cl. The number of anilines is 2. The molecule has 1 aromatic heterocycles. The molecular weight excluding hydrogens is 398 g/mol. The molecule has 1 aromatic carbocycles. The number of hydrogen-bond acceptors (Lipinski definition) is 5. The van der Waals surface area contributed by atoms with Crippen LogP contribution in [-0.2, 0) is 16.1 Å². The predicted molar refractivity (Wildman–Crippen MR) is 115 cm³/mol. The van der Waals surface area contributed by atoms with E-state index in [9.17, 15) is 9.59 Å². The molecule has 0 unspecified atom stereocenters. The van der Waals surface area contributed by atoms with Crippen LogP contribution < -0.4 is 16.4 Å². The second kappa shape index (κ2) is 10.5. The average Bonchev–Trinajstić information content (AvgIpc) is 3.31. The number of nitrogens with one attached hydrogen (secondary N) is 2. The summed E-state index contributed by atoms with van der Waals surface area (Å²) in [6, 6.07) is 7.65. The molecule has 0 radical (unpaired) electrons. The highest BCUT2D eigenvalue weighted by molar-refractivity contribution is 7.98. The highest BCUT2D eigenvalue weighted by atomic mass is 35.5. The second-order valence-electron chi connectivity index (χ2n) is 6.73. The summed E-state index contributed by atoms with van der Waals surface area (Å²) in [6.07, 6.45) is 8.15. The molecule has 0 spiro atoms. The zero-order chi connectivity index (χ0) is 19.2. The standard InChI is InChI=1S/C19H25N5O2S.ClH/c1-27-16-7-5-14(6-8-16)22-18(25)12-24-11-15(10-21-24)23-19(26)17-4-2-3-13(17)9-20;/h5-8,10-11,13,17H,2-4,9,12,20H2,1H3,(H,22,25)(H,23,26);1H/t13-,17-;/m1./s1. The van der Waals surface area contributed by atoms with Crippen molar-refractivity contribution < 1.29 is 9.59 Å². The third-order valence-electron chi connectivity index (χ3n) is 4.88. The maximum atomic E-state index is 12.4. The van der Waals surface area contributed by atoms with Gasteiger partial charge in [-0.15, -0.1) is 24.2 Å². The first-order valence-corrected chi connectivity index (χ1v) is 10.3. The zero-order valence-electron chi connectivity index (χ0n) is 15.8. The topological polar surface area (TPSA) is 102 Å². The van der Waals surface area contributed by atoms with Gasteiger partial charge in [0, 0.05) is 22.7 Å². The van der Waals surface area contributed by atoms with Gasteiger partial charge in [-0.1, -0.05) is 6.42 Å². The maximum Gasteiger partial charge on any atom is 0.246 e. The highest BCUT2D eigenvalue weighted by Crippen LogP contribution is 2.31. The number of nitrogens with two attached hydrogens (primary N) is 1. The summed E-state index contributed by atoms with van der Waals surface area (Å²) in [6.45, 7) is 0.616. The Labute approximate surface area is 175 Å². The lowest BCUT2D eigenvalue weighted by Gasteiger charge is -2.16. The van der Waals surface area contributed by atoms with Crippen LogP contribution in [-0.4, -0.2) is 34.4 Å². The van der Waals surface area contributed by atoms with Crippen molar-refractivity contribution in [3.8, 4) is 0 Å². The summed E-state index contributed by atoms with van der Waals surface area (Å²) >= 11 is 1.65. The van der Waals surface area contributed by atoms with Crippen LogP contribution >= 0.6 is 24.2 Å². The molecule has 2 aromatic rings. The number of nitrogens with zero attached hydrogens (tertiary/aromatic N) is 2. The summed E-state index contributed by atoms with van der Waals surface area (Å²) in [5, 5.41) is 9.89. The van der Waals surface area contributed by atoms with E-state index < -0.39 is 0 Å². The van der Waals surface area contributed by atoms with Crippen molar-refractivity contribution in [1.82, 2.24) is 9.78 Å². The number of carbonyl (C=O) groups excluding carboxylic acids is 2. The summed E-state index contributed by atoms with van der Waals surface area (Å²) in [4.78, 5) is 25.7. The number of halogens is 1. The van der Waals surface area contributed by atoms with Crippen LogP contribution in [0, 0.1) is 11.8 Å². The highest BCUT2D eigenvalue weighted by Gasteiger charge is 2.32. The van der Waals surface area contributed by atoms with Gasteiger partial charge >= 0.3 is 0 Å². The summed E-state index contributed by atoms with van der Waals surface area (Å²) in [7, 11) is 0. The number of benzene rings is 1. The van der Waals surface area contributed by atoms with Gasteiger partial charge in [-0.3, -0.25) is 14.3 Å². The minimum absolute atomic E-state index is 0. The van der Waals surface area contributed by atoms with Crippen LogP contribution in [0.25, 0.3) is 0 Å². The molecule has 0 bridgehead atoms. The molecule has 7 nitrogen and oxygen atoms in total. The number of aromatic nitrogens is 2. The molecule has 1 aliphatic rings. The molecule has 1 aliphatic carbocycles. The van der Waals surface area contributed by atoms with Gasteiger partial charge < -0.3 is 16.4 Å². The minimum atomic E-state index is -0.174. The molecule has 1 heterocycles.